The molecular weight excluding hydrogens is 510 g/mol. The van der Waals surface area contributed by atoms with Gasteiger partial charge in [0.05, 0.1) is 34.6 Å². The van der Waals surface area contributed by atoms with Crippen molar-refractivity contribution in [3.8, 4) is 11.8 Å². The van der Waals surface area contributed by atoms with E-state index in [0.29, 0.717) is 6.54 Å². The Morgan fingerprint density at radius 1 is 1.23 bits per heavy atom. The molecule has 0 saturated carbocycles. The normalized spacial score (nSPS) is 16.7. The highest BCUT2D eigenvalue weighted by atomic mass is 32.1. The van der Waals surface area contributed by atoms with Gasteiger partial charge in [0, 0.05) is 31.2 Å². The van der Waals surface area contributed by atoms with E-state index in [4.69, 9.17) is 5.11 Å². The monoisotopic (exact) mass is 537 g/mol. The smallest absolute Gasteiger partial charge is 0.407 e. The van der Waals surface area contributed by atoms with E-state index in [-0.39, 0.29) is 12.0 Å². The molecule has 10 heteroatoms. The number of nitrogens with zero attached hydrogens (tertiary/aromatic N) is 5. The molecule has 3 N–H and O–H groups in total. The van der Waals surface area contributed by atoms with Crippen LogP contribution in [0.2, 0.25) is 0 Å². The number of carbonyl (C=O) groups is 1. The predicted octanol–water partition coefficient (Wildman–Crippen LogP) is 4.77. The molecule has 4 heterocycles. The number of amides is 1. The molecule has 5 aromatic rings. The zero-order valence-corrected chi connectivity index (χ0v) is 22.2. The van der Waals surface area contributed by atoms with Crippen LogP contribution in [0.1, 0.15) is 16.9 Å². The molecule has 2 atom stereocenters. The summed E-state index contributed by atoms with van der Waals surface area (Å²) in [6.07, 6.45) is 3.38. The van der Waals surface area contributed by atoms with Crippen molar-refractivity contribution in [2.24, 2.45) is 5.92 Å². The van der Waals surface area contributed by atoms with Crippen molar-refractivity contribution in [3.05, 3.63) is 77.6 Å². The fourth-order valence-electron chi connectivity index (χ4n) is 4.88. The van der Waals surface area contributed by atoms with Crippen LogP contribution in [0.5, 0.6) is 0 Å². The Bertz CT molecular complexity index is 1700. The van der Waals surface area contributed by atoms with Gasteiger partial charge < -0.3 is 20.6 Å². The Labute approximate surface area is 229 Å². The van der Waals surface area contributed by atoms with Crippen LogP contribution in [0.25, 0.3) is 21.1 Å². The number of hydrogen-bond donors (Lipinski definition) is 3. The maximum atomic E-state index is 11.1. The van der Waals surface area contributed by atoms with Crippen molar-refractivity contribution in [1.29, 1.82) is 0 Å². The van der Waals surface area contributed by atoms with Crippen LogP contribution in [0.3, 0.4) is 0 Å². The molecule has 1 fully saturated rings. The molecule has 0 unspecified atom stereocenters. The van der Waals surface area contributed by atoms with Crippen LogP contribution in [0.4, 0.5) is 16.3 Å². The van der Waals surface area contributed by atoms with E-state index < -0.39 is 6.09 Å². The standard InChI is InChI=1S/C29H27N7O2S/c1-35(29(37)38)16-20-11-22(30-14-20)7-9-24-13-25-27(31-18-32-28(25)39-24)34-23-8-10-26-21(12-23)15-33-36(26)17-19-5-3-2-4-6-19/h2-6,8,10,12-13,15,18,20,22,30H,11,14,16-17H2,1H3,(H,37,38)(H,31,32,34)/t20-,22-/m1/s1. The highest BCUT2D eigenvalue weighted by Crippen LogP contribution is 2.30. The van der Waals surface area contributed by atoms with E-state index in [1.807, 2.05) is 41.2 Å². The molecule has 0 bridgehead atoms. The third kappa shape index (κ3) is 5.55. The number of carboxylic acid groups (broad SMARTS) is 1. The molecule has 9 nitrogen and oxygen atoms in total. The van der Waals surface area contributed by atoms with Crippen LogP contribution in [-0.2, 0) is 6.54 Å². The number of rotatable bonds is 6. The molecule has 3 aromatic heterocycles. The Kier molecular flexibility index (Phi) is 6.84. The van der Waals surface area contributed by atoms with Crippen LogP contribution in [0.15, 0.2) is 67.1 Å². The van der Waals surface area contributed by atoms with Crippen molar-refractivity contribution in [3.63, 3.8) is 0 Å². The highest BCUT2D eigenvalue weighted by molar-refractivity contribution is 7.19. The first-order valence-electron chi connectivity index (χ1n) is 12.7. The molecule has 0 aliphatic carbocycles. The summed E-state index contributed by atoms with van der Waals surface area (Å²) >= 11 is 1.54. The van der Waals surface area contributed by atoms with E-state index in [0.717, 1.165) is 57.0 Å². The van der Waals surface area contributed by atoms with Gasteiger partial charge in [-0.3, -0.25) is 4.68 Å². The molecule has 0 spiro atoms. The van der Waals surface area contributed by atoms with E-state index in [1.165, 1.54) is 21.8 Å². The Hall–Kier alpha value is -4.46. The molecule has 1 saturated heterocycles. The molecule has 1 amide bonds. The van der Waals surface area contributed by atoms with E-state index >= 15 is 0 Å². The molecule has 6 rings (SSSR count). The van der Waals surface area contributed by atoms with Crippen molar-refractivity contribution in [2.75, 3.05) is 25.5 Å². The molecule has 1 aliphatic rings. The average molecular weight is 538 g/mol. The zero-order valence-electron chi connectivity index (χ0n) is 21.3. The van der Waals surface area contributed by atoms with Gasteiger partial charge in [-0.05, 0) is 42.2 Å². The predicted molar refractivity (Wildman–Crippen MR) is 153 cm³/mol. The number of aromatic nitrogens is 4. The topological polar surface area (TPSA) is 108 Å². The largest absolute Gasteiger partial charge is 0.465 e. The van der Waals surface area contributed by atoms with E-state index in [1.54, 1.807) is 13.4 Å². The molecule has 196 valence electrons. The first kappa shape index (κ1) is 24.9. The summed E-state index contributed by atoms with van der Waals surface area (Å²) in [5.74, 6) is 7.58. The summed E-state index contributed by atoms with van der Waals surface area (Å²) in [5.41, 5.74) is 3.20. The summed E-state index contributed by atoms with van der Waals surface area (Å²) < 4.78 is 2.01. The van der Waals surface area contributed by atoms with Gasteiger partial charge in [0.25, 0.3) is 0 Å². The van der Waals surface area contributed by atoms with Gasteiger partial charge in [0.2, 0.25) is 0 Å². The Morgan fingerprint density at radius 3 is 2.95 bits per heavy atom. The lowest BCUT2D eigenvalue weighted by Gasteiger charge is -2.16. The van der Waals surface area contributed by atoms with Gasteiger partial charge in [-0.15, -0.1) is 11.3 Å². The lowest BCUT2D eigenvalue weighted by atomic mass is 10.1. The van der Waals surface area contributed by atoms with Gasteiger partial charge >= 0.3 is 6.09 Å². The first-order chi connectivity index (χ1) is 19.0. The number of anilines is 2. The van der Waals surface area contributed by atoms with Crippen molar-refractivity contribution in [1.82, 2.24) is 30.0 Å². The van der Waals surface area contributed by atoms with Crippen LogP contribution in [-0.4, -0.2) is 62.0 Å². The van der Waals surface area contributed by atoms with Gasteiger partial charge in [-0.25, -0.2) is 14.8 Å². The maximum absolute atomic E-state index is 11.1. The average Bonchev–Trinajstić information content (AvgIpc) is 3.67. The molecule has 2 aromatic carbocycles. The van der Waals surface area contributed by atoms with Crippen molar-refractivity contribution < 1.29 is 9.90 Å². The minimum atomic E-state index is -0.904. The van der Waals surface area contributed by atoms with Crippen molar-refractivity contribution in [2.45, 2.75) is 19.0 Å². The molecule has 1 aliphatic heterocycles. The zero-order chi connectivity index (χ0) is 26.8. The number of nitrogens with one attached hydrogen (secondary N) is 2. The summed E-state index contributed by atoms with van der Waals surface area (Å²) in [6, 6.07) is 18.6. The first-order valence-corrected chi connectivity index (χ1v) is 13.5. The molecular formula is C29H27N7O2S. The SMILES string of the molecule is CN(C[C@H]1CN[C@H](C#Cc2cc3c(Nc4ccc5c(cnn5Cc5ccccc5)c4)ncnc3s2)C1)C(=O)O. The third-order valence-corrected chi connectivity index (χ3v) is 7.82. The summed E-state index contributed by atoms with van der Waals surface area (Å²) in [6.45, 7) is 1.99. The fraction of sp³-hybridized carbons (Fsp3) is 0.241. The van der Waals surface area contributed by atoms with Crippen molar-refractivity contribution >= 4 is 50.1 Å². The van der Waals surface area contributed by atoms with Gasteiger partial charge in [-0.1, -0.05) is 42.2 Å². The lowest BCUT2D eigenvalue weighted by molar-refractivity contribution is 0.150. The molecule has 0 radical (unpaired) electrons. The van der Waals surface area contributed by atoms with Gasteiger partial charge in [0.15, 0.2) is 0 Å². The Morgan fingerprint density at radius 2 is 2.10 bits per heavy atom. The Balaban J connectivity index is 1.16. The number of hydrogen-bond acceptors (Lipinski definition) is 7. The minimum absolute atomic E-state index is 0.0422. The fourth-order valence-corrected chi connectivity index (χ4v) is 5.74. The van der Waals surface area contributed by atoms with Crippen LogP contribution >= 0.6 is 11.3 Å². The quantitative estimate of drug-likeness (QED) is 0.268. The second-order valence-corrected chi connectivity index (χ2v) is 10.8. The second kappa shape index (κ2) is 10.7. The molecule has 39 heavy (non-hydrogen) atoms. The van der Waals surface area contributed by atoms with E-state index in [9.17, 15) is 4.79 Å². The summed E-state index contributed by atoms with van der Waals surface area (Å²) in [7, 11) is 1.60. The van der Waals surface area contributed by atoms with Gasteiger partial charge in [-0.2, -0.15) is 5.10 Å². The summed E-state index contributed by atoms with van der Waals surface area (Å²) in [4.78, 5) is 23.1. The lowest BCUT2D eigenvalue weighted by Crippen LogP contribution is -2.31. The number of thiophene rings is 1. The minimum Gasteiger partial charge on any atom is -0.465 e. The van der Waals surface area contributed by atoms with Gasteiger partial charge in [0.1, 0.15) is 17.0 Å². The maximum Gasteiger partial charge on any atom is 0.407 e. The van der Waals surface area contributed by atoms with Crippen LogP contribution in [0, 0.1) is 17.8 Å². The second-order valence-electron chi connectivity index (χ2n) is 9.73. The highest BCUT2D eigenvalue weighted by Gasteiger charge is 2.25. The number of fused-ring (bicyclic) bond motifs is 2. The van der Waals surface area contributed by atoms with Crippen LogP contribution < -0.4 is 10.6 Å². The number of benzene rings is 2. The summed E-state index contributed by atoms with van der Waals surface area (Å²) in [5, 5.41) is 22.5. The van der Waals surface area contributed by atoms with E-state index in [2.05, 4.69) is 61.8 Å². The third-order valence-electron chi connectivity index (χ3n) is 6.86.